The predicted molar refractivity (Wildman–Crippen MR) is 112 cm³/mol. The number of thiophene rings is 1. The number of pyridine rings is 1. The number of ether oxygens (including phenoxy) is 1. The van der Waals surface area contributed by atoms with Crippen molar-refractivity contribution in [3.63, 3.8) is 0 Å². The van der Waals surface area contributed by atoms with Gasteiger partial charge in [0.2, 0.25) is 5.91 Å². The van der Waals surface area contributed by atoms with Crippen LogP contribution in [0.5, 0.6) is 5.75 Å². The number of hydrogen-bond donors (Lipinski definition) is 1. The largest absolute Gasteiger partial charge is 0.491 e. The Kier molecular flexibility index (Phi) is 5.21. The van der Waals surface area contributed by atoms with Crippen molar-refractivity contribution in [3.05, 3.63) is 75.6 Å². The van der Waals surface area contributed by atoms with Crippen LogP contribution >= 0.6 is 11.3 Å². The van der Waals surface area contributed by atoms with Gasteiger partial charge in [-0.3, -0.25) is 9.79 Å². The van der Waals surface area contributed by atoms with Gasteiger partial charge in [-0.15, -0.1) is 0 Å². The fraction of sp³-hybridized carbons (Fsp3) is 0.227. The molecule has 0 aliphatic carbocycles. The second-order valence-electron chi connectivity index (χ2n) is 6.94. The third-order valence-electron chi connectivity index (χ3n) is 4.36. The van der Waals surface area contributed by atoms with Gasteiger partial charge < -0.3 is 10.1 Å². The number of rotatable bonds is 6. The standard InChI is InChI=1S/C22H21N3O2S/c1-14(2)27-18-4-3-17-12-24-22(19(17)11-18)16-5-7-23-20(10-16)25-21(26)9-15-6-8-28-13-15/h3-8,10-11,13-14H,9,12H2,1-2H3,(H,23,25,26). The number of carbonyl (C=O) groups excluding carboxylic acids is 1. The first kappa shape index (κ1) is 18.4. The Bertz CT molecular complexity index is 1030. The van der Waals surface area contributed by atoms with Crippen molar-refractivity contribution in [1.29, 1.82) is 0 Å². The van der Waals surface area contributed by atoms with E-state index in [0.29, 0.717) is 18.8 Å². The lowest BCUT2D eigenvalue weighted by molar-refractivity contribution is -0.115. The number of hydrogen-bond acceptors (Lipinski definition) is 5. The van der Waals surface area contributed by atoms with Crippen molar-refractivity contribution >= 4 is 28.8 Å². The van der Waals surface area contributed by atoms with Crippen molar-refractivity contribution < 1.29 is 9.53 Å². The van der Waals surface area contributed by atoms with Gasteiger partial charge in [0.05, 0.1) is 24.8 Å². The molecule has 0 bridgehead atoms. The number of aliphatic imine (C=N–C) groups is 1. The Balaban J connectivity index is 1.53. The fourth-order valence-corrected chi connectivity index (χ4v) is 3.84. The first-order chi connectivity index (χ1) is 13.6. The quantitative estimate of drug-likeness (QED) is 0.675. The molecular weight excluding hydrogens is 370 g/mol. The number of amides is 1. The van der Waals surface area contributed by atoms with E-state index in [2.05, 4.69) is 16.4 Å². The Morgan fingerprint density at radius 1 is 1.25 bits per heavy atom. The van der Waals surface area contributed by atoms with Crippen LogP contribution in [-0.4, -0.2) is 22.7 Å². The summed E-state index contributed by atoms with van der Waals surface area (Å²) in [6, 6.07) is 11.8. The molecule has 1 aliphatic rings. The van der Waals surface area contributed by atoms with Crippen LogP contribution in [0, 0.1) is 0 Å². The van der Waals surface area contributed by atoms with E-state index in [-0.39, 0.29) is 12.0 Å². The lowest BCUT2D eigenvalue weighted by Crippen LogP contribution is -2.15. The Morgan fingerprint density at radius 2 is 2.14 bits per heavy atom. The molecule has 0 spiro atoms. The highest BCUT2D eigenvalue weighted by atomic mass is 32.1. The maximum absolute atomic E-state index is 12.3. The highest BCUT2D eigenvalue weighted by molar-refractivity contribution is 7.08. The zero-order valence-corrected chi connectivity index (χ0v) is 16.6. The smallest absolute Gasteiger partial charge is 0.229 e. The molecule has 0 unspecified atom stereocenters. The molecule has 142 valence electrons. The summed E-state index contributed by atoms with van der Waals surface area (Å²) < 4.78 is 5.83. The molecule has 4 rings (SSSR count). The lowest BCUT2D eigenvalue weighted by Gasteiger charge is -2.12. The molecule has 1 N–H and O–H groups in total. The third-order valence-corrected chi connectivity index (χ3v) is 5.09. The number of fused-ring (bicyclic) bond motifs is 1. The molecule has 5 nitrogen and oxygen atoms in total. The van der Waals surface area contributed by atoms with Gasteiger partial charge in [-0.25, -0.2) is 4.98 Å². The number of nitrogens with zero attached hydrogens (tertiary/aromatic N) is 2. The summed E-state index contributed by atoms with van der Waals surface area (Å²) in [5, 5.41) is 6.82. The number of anilines is 1. The van der Waals surface area contributed by atoms with Crippen LogP contribution in [0.1, 0.15) is 36.1 Å². The van der Waals surface area contributed by atoms with Gasteiger partial charge in [0.25, 0.3) is 0 Å². The van der Waals surface area contributed by atoms with Crippen LogP contribution in [0.4, 0.5) is 5.82 Å². The molecule has 0 fully saturated rings. The minimum atomic E-state index is -0.0792. The molecular formula is C22H21N3O2S. The molecule has 3 heterocycles. The third kappa shape index (κ3) is 4.12. The van der Waals surface area contributed by atoms with E-state index in [4.69, 9.17) is 9.73 Å². The first-order valence-electron chi connectivity index (χ1n) is 9.20. The number of benzene rings is 1. The molecule has 0 atom stereocenters. The summed E-state index contributed by atoms with van der Waals surface area (Å²) >= 11 is 1.58. The van der Waals surface area contributed by atoms with Gasteiger partial charge in [0.1, 0.15) is 11.6 Å². The SMILES string of the molecule is CC(C)Oc1ccc2c(c1)C(c1ccnc(NC(=O)Cc3ccsc3)c1)=NC2. The van der Waals surface area contributed by atoms with Crippen molar-refractivity contribution in [2.75, 3.05) is 5.32 Å². The van der Waals surface area contributed by atoms with Gasteiger partial charge in [-0.1, -0.05) is 6.07 Å². The maximum atomic E-state index is 12.3. The topological polar surface area (TPSA) is 63.6 Å². The number of carbonyl (C=O) groups is 1. The van der Waals surface area contributed by atoms with E-state index in [1.54, 1.807) is 17.5 Å². The molecule has 0 radical (unpaired) electrons. The first-order valence-corrected chi connectivity index (χ1v) is 10.1. The summed E-state index contributed by atoms with van der Waals surface area (Å²) in [6.45, 7) is 4.67. The van der Waals surface area contributed by atoms with E-state index in [1.807, 2.05) is 54.9 Å². The van der Waals surface area contributed by atoms with Crippen LogP contribution in [0.15, 0.2) is 58.3 Å². The molecule has 1 aromatic carbocycles. The average molecular weight is 391 g/mol. The zero-order chi connectivity index (χ0) is 19.5. The summed E-state index contributed by atoms with van der Waals surface area (Å²) in [7, 11) is 0. The van der Waals surface area contributed by atoms with Crippen molar-refractivity contribution in [3.8, 4) is 5.75 Å². The monoisotopic (exact) mass is 391 g/mol. The van der Waals surface area contributed by atoms with Crippen LogP contribution in [0.3, 0.4) is 0 Å². The molecule has 3 aromatic rings. The van der Waals surface area contributed by atoms with Gasteiger partial charge in [-0.2, -0.15) is 11.3 Å². The molecule has 1 amide bonds. The van der Waals surface area contributed by atoms with Crippen molar-refractivity contribution in [1.82, 2.24) is 4.98 Å². The summed E-state index contributed by atoms with van der Waals surface area (Å²) in [4.78, 5) is 21.2. The molecule has 0 saturated carbocycles. The second kappa shape index (κ2) is 7.94. The van der Waals surface area contributed by atoms with Crippen LogP contribution < -0.4 is 10.1 Å². The molecule has 6 heteroatoms. The Morgan fingerprint density at radius 3 is 2.93 bits per heavy atom. The minimum absolute atomic E-state index is 0.0792. The van der Waals surface area contributed by atoms with Gasteiger partial charge in [-0.05, 0) is 66.1 Å². The van der Waals surface area contributed by atoms with E-state index < -0.39 is 0 Å². The molecule has 1 aliphatic heterocycles. The highest BCUT2D eigenvalue weighted by Crippen LogP contribution is 2.28. The molecule has 28 heavy (non-hydrogen) atoms. The van der Waals surface area contributed by atoms with E-state index in [9.17, 15) is 4.79 Å². The second-order valence-corrected chi connectivity index (χ2v) is 7.72. The van der Waals surface area contributed by atoms with E-state index in [0.717, 1.165) is 28.2 Å². The van der Waals surface area contributed by atoms with Gasteiger partial charge >= 0.3 is 0 Å². The molecule has 0 saturated heterocycles. The van der Waals surface area contributed by atoms with Crippen LogP contribution in [0.2, 0.25) is 0 Å². The number of nitrogens with one attached hydrogen (secondary N) is 1. The zero-order valence-electron chi connectivity index (χ0n) is 15.8. The fourth-order valence-electron chi connectivity index (χ4n) is 3.17. The molecule has 2 aromatic heterocycles. The predicted octanol–water partition coefficient (Wildman–Crippen LogP) is 4.46. The summed E-state index contributed by atoms with van der Waals surface area (Å²) in [5.41, 5.74) is 5.08. The summed E-state index contributed by atoms with van der Waals surface area (Å²) in [6.07, 6.45) is 2.16. The average Bonchev–Trinajstić information content (AvgIpc) is 3.30. The van der Waals surface area contributed by atoms with Crippen LogP contribution in [0.25, 0.3) is 0 Å². The van der Waals surface area contributed by atoms with E-state index in [1.165, 1.54) is 5.56 Å². The maximum Gasteiger partial charge on any atom is 0.229 e. The van der Waals surface area contributed by atoms with E-state index >= 15 is 0 Å². The van der Waals surface area contributed by atoms with Gasteiger partial charge in [0, 0.05) is 17.3 Å². The summed E-state index contributed by atoms with van der Waals surface area (Å²) in [5.74, 6) is 1.29. The highest BCUT2D eigenvalue weighted by Gasteiger charge is 2.19. The van der Waals surface area contributed by atoms with Gasteiger partial charge in [0.15, 0.2) is 0 Å². The Labute approximate surface area is 168 Å². The van der Waals surface area contributed by atoms with Crippen molar-refractivity contribution in [2.45, 2.75) is 32.9 Å². The number of aromatic nitrogens is 1. The van der Waals surface area contributed by atoms with Crippen LogP contribution in [-0.2, 0) is 17.8 Å². The Hall–Kier alpha value is -2.99. The lowest BCUT2D eigenvalue weighted by atomic mass is 10.0. The normalized spacial score (nSPS) is 12.6. The van der Waals surface area contributed by atoms with Crippen molar-refractivity contribution in [2.24, 2.45) is 4.99 Å². The minimum Gasteiger partial charge on any atom is -0.491 e.